The van der Waals surface area contributed by atoms with Crippen LogP contribution < -0.4 is 5.32 Å². The zero-order valence-electron chi connectivity index (χ0n) is 13.1. The standard InChI is InChI=1S/C16H16N6O/c1-10-8-11(2)19-16(18-10)22-14(9-12(3)21-22)20-15(23)13-6-4-5-7-17-13/h4-9H,1-3H3,(H,20,23). The molecule has 0 saturated heterocycles. The number of nitrogens with one attached hydrogen (secondary N) is 1. The second kappa shape index (κ2) is 5.96. The molecule has 116 valence electrons. The first kappa shape index (κ1) is 14.8. The zero-order valence-corrected chi connectivity index (χ0v) is 13.1. The molecular formula is C16H16N6O. The Bertz CT molecular complexity index is 836. The van der Waals surface area contributed by atoms with Gasteiger partial charge >= 0.3 is 0 Å². The van der Waals surface area contributed by atoms with E-state index in [9.17, 15) is 4.79 Å². The Labute approximate surface area is 133 Å². The van der Waals surface area contributed by atoms with E-state index in [1.165, 1.54) is 4.68 Å². The number of anilines is 1. The third kappa shape index (κ3) is 3.23. The maximum atomic E-state index is 12.3. The van der Waals surface area contributed by atoms with Crippen LogP contribution in [0.5, 0.6) is 0 Å². The summed E-state index contributed by atoms with van der Waals surface area (Å²) in [5.74, 6) is 0.617. The summed E-state index contributed by atoms with van der Waals surface area (Å²) in [5.41, 5.74) is 2.76. The van der Waals surface area contributed by atoms with Crippen LogP contribution in [0.25, 0.3) is 5.95 Å². The lowest BCUT2D eigenvalue weighted by Gasteiger charge is -2.08. The van der Waals surface area contributed by atoms with Gasteiger partial charge in [-0.25, -0.2) is 9.97 Å². The lowest BCUT2D eigenvalue weighted by atomic mass is 10.3. The summed E-state index contributed by atoms with van der Waals surface area (Å²) in [4.78, 5) is 25.1. The molecule has 0 unspecified atom stereocenters. The van der Waals surface area contributed by atoms with Crippen molar-refractivity contribution in [3.8, 4) is 5.95 Å². The van der Waals surface area contributed by atoms with Gasteiger partial charge in [-0.1, -0.05) is 6.07 Å². The van der Waals surface area contributed by atoms with Crippen molar-refractivity contribution in [2.75, 3.05) is 5.32 Å². The van der Waals surface area contributed by atoms with Crippen molar-refractivity contribution in [1.29, 1.82) is 0 Å². The van der Waals surface area contributed by atoms with Crippen LogP contribution in [0.1, 0.15) is 27.6 Å². The van der Waals surface area contributed by atoms with E-state index in [2.05, 4.69) is 25.4 Å². The summed E-state index contributed by atoms with van der Waals surface area (Å²) < 4.78 is 1.52. The predicted octanol–water partition coefficient (Wildman–Crippen LogP) is 2.23. The third-order valence-corrected chi connectivity index (χ3v) is 3.13. The summed E-state index contributed by atoms with van der Waals surface area (Å²) in [6, 6.07) is 8.82. The molecule has 0 bridgehead atoms. The SMILES string of the molecule is Cc1cc(C)nc(-n2nc(C)cc2NC(=O)c2ccccn2)n1. The fourth-order valence-corrected chi connectivity index (χ4v) is 2.22. The molecule has 3 rings (SSSR count). The number of rotatable bonds is 3. The molecule has 3 aromatic heterocycles. The van der Waals surface area contributed by atoms with Gasteiger partial charge in [0, 0.05) is 23.7 Å². The fraction of sp³-hybridized carbons (Fsp3) is 0.188. The Morgan fingerprint density at radius 2 is 1.78 bits per heavy atom. The molecule has 0 radical (unpaired) electrons. The quantitative estimate of drug-likeness (QED) is 0.802. The summed E-state index contributed by atoms with van der Waals surface area (Å²) in [6.07, 6.45) is 1.57. The van der Waals surface area contributed by atoms with Crippen molar-refractivity contribution >= 4 is 11.7 Å². The number of pyridine rings is 1. The van der Waals surface area contributed by atoms with Gasteiger partial charge in [-0.05, 0) is 39.0 Å². The normalized spacial score (nSPS) is 10.6. The Balaban J connectivity index is 1.96. The maximum absolute atomic E-state index is 12.3. The van der Waals surface area contributed by atoms with Crippen LogP contribution in [0.2, 0.25) is 0 Å². The number of aromatic nitrogens is 5. The van der Waals surface area contributed by atoms with Gasteiger partial charge in [0.1, 0.15) is 11.5 Å². The van der Waals surface area contributed by atoms with E-state index in [4.69, 9.17) is 0 Å². The van der Waals surface area contributed by atoms with Crippen LogP contribution >= 0.6 is 0 Å². The lowest BCUT2D eigenvalue weighted by Crippen LogP contribution is -2.17. The van der Waals surface area contributed by atoms with Gasteiger partial charge < -0.3 is 5.32 Å². The van der Waals surface area contributed by atoms with Crippen molar-refractivity contribution in [3.63, 3.8) is 0 Å². The summed E-state index contributed by atoms with van der Waals surface area (Å²) in [7, 11) is 0. The third-order valence-electron chi connectivity index (χ3n) is 3.13. The van der Waals surface area contributed by atoms with Crippen molar-refractivity contribution < 1.29 is 4.79 Å². The summed E-state index contributed by atoms with van der Waals surface area (Å²) in [5, 5.41) is 7.17. The molecule has 0 aromatic carbocycles. The van der Waals surface area contributed by atoms with Crippen LogP contribution in [0.4, 0.5) is 5.82 Å². The number of hydrogen-bond donors (Lipinski definition) is 1. The molecule has 0 aliphatic heterocycles. The summed E-state index contributed by atoms with van der Waals surface area (Å²) >= 11 is 0. The van der Waals surface area contributed by atoms with Crippen LogP contribution in [0.15, 0.2) is 36.5 Å². The van der Waals surface area contributed by atoms with E-state index in [0.29, 0.717) is 17.5 Å². The van der Waals surface area contributed by atoms with E-state index in [1.807, 2.05) is 26.8 Å². The molecule has 1 amide bonds. The molecule has 0 fully saturated rings. The molecule has 0 aliphatic carbocycles. The van der Waals surface area contributed by atoms with E-state index < -0.39 is 0 Å². The van der Waals surface area contributed by atoms with Gasteiger partial charge in [0.25, 0.3) is 11.9 Å². The number of hydrogen-bond acceptors (Lipinski definition) is 5. The second-order valence-electron chi connectivity index (χ2n) is 5.20. The number of amides is 1. The molecule has 7 nitrogen and oxygen atoms in total. The van der Waals surface area contributed by atoms with Crippen LogP contribution in [0.3, 0.4) is 0 Å². The predicted molar refractivity (Wildman–Crippen MR) is 85.6 cm³/mol. The topological polar surface area (TPSA) is 85.6 Å². The van der Waals surface area contributed by atoms with Gasteiger partial charge in [-0.3, -0.25) is 9.78 Å². The minimum Gasteiger partial charge on any atom is -0.305 e. The number of carbonyl (C=O) groups is 1. The monoisotopic (exact) mass is 308 g/mol. The van der Waals surface area contributed by atoms with Gasteiger partial charge in [-0.15, -0.1) is 0 Å². The number of aryl methyl sites for hydroxylation is 3. The Hall–Kier alpha value is -3.09. The average molecular weight is 308 g/mol. The molecule has 0 saturated carbocycles. The molecule has 0 spiro atoms. The number of carbonyl (C=O) groups excluding carboxylic acids is 1. The highest BCUT2D eigenvalue weighted by Crippen LogP contribution is 2.16. The second-order valence-corrected chi connectivity index (χ2v) is 5.20. The Morgan fingerprint density at radius 3 is 2.43 bits per heavy atom. The number of nitrogens with zero attached hydrogens (tertiary/aromatic N) is 5. The van der Waals surface area contributed by atoms with Crippen molar-refractivity contribution in [3.05, 3.63) is 59.3 Å². The van der Waals surface area contributed by atoms with Gasteiger partial charge in [0.15, 0.2) is 0 Å². The van der Waals surface area contributed by atoms with E-state index >= 15 is 0 Å². The molecule has 3 heterocycles. The highest BCUT2D eigenvalue weighted by Gasteiger charge is 2.15. The molecule has 1 N–H and O–H groups in total. The van der Waals surface area contributed by atoms with Gasteiger partial charge in [0.05, 0.1) is 5.69 Å². The first-order valence-corrected chi connectivity index (χ1v) is 7.14. The fourth-order valence-electron chi connectivity index (χ4n) is 2.22. The average Bonchev–Trinajstić information content (AvgIpc) is 2.88. The van der Waals surface area contributed by atoms with Gasteiger partial charge in [0.2, 0.25) is 0 Å². The molecular weight excluding hydrogens is 292 g/mol. The first-order valence-electron chi connectivity index (χ1n) is 7.14. The molecule has 0 atom stereocenters. The first-order chi connectivity index (χ1) is 11.0. The van der Waals surface area contributed by atoms with Crippen molar-refractivity contribution in [2.24, 2.45) is 0 Å². The highest BCUT2D eigenvalue weighted by atomic mass is 16.2. The van der Waals surface area contributed by atoms with Crippen molar-refractivity contribution in [1.82, 2.24) is 24.7 Å². The van der Waals surface area contributed by atoms with Crippen molar-refractivity contribution in [2.45, 2.75) is 20.8 Å². The molecule has 3 aromatic rings. The van der Waals surface area contributed by atoms with Crippen LogP contribution in [0, 0.1) is 20.8 Å². The Morgan fingerprint density at radius 1 is 1.04 bits per heavy atom. The molecule has 7 heteroatoms. The lowest BCUT2D eigenvalue weighted by molar-refractivity contribution is 0.102. The van der Waals surface area contributed by atoms with Crippen LogP contribution in [-0.2, 0) is 0 Å². The zero-order chi connectivity index (χ0) is 16.4. The molecule has 23 heavy (non-hydrogen) atoms. The van der Waals surface area contributed by atoms with E-state index in [-0.39, 0.29) is 5.91 Å². The highest BCUT2D eigenvalue weighted by molar-refractivity contribution is 6.02. The van der Waals surface area contributed by atoms with E-state index in [1.54, 1.807) is 30.5 Å². The van der Waals surface area contributed by atoms with Crippen LogP contribution in [-0.4, -0.2) is 30.6 Å². The summed E-state index contributed by atoms with van der Waals surface area (Å²) in [6.45, 7) is 5.62. The Kier molecular flexibility index (Phi) is 3.84. The molecule has 0 aliphatic rings. The maximum Gasteiger partial charge on any atom is 0.275 e. The smallest absolute Gasteiger partial charge is 0.275 e. The minimum absolute atomic E-state index is 0.309. The van der Waals surface area contributed by atoms with E-state index in [0.717, 1.165) is 17.1 Å². The van der Waals surface area contributed by atoms with Gasteiger partial charge in [-0.2, -0.15) is 9.78 Å². The largest absolute Gasteiger partial charge is 0.305 e. The minimum atomic E-state index is -0.309.